The Morgan fingerprint density at radius 2 is 1.73 bits per heavy atom. The van der Waals surface area contributed by atoms with E-state index >= 15 is 0 Å². The van der Waals surface area contributed by atoms with Crippen molar-refractivity contribution >= 4 is 24.2 Å². The molecule has 1 aromatic rings. The number of alkyl halides is 3. The number of carbonyl (C=O) groups is 2. The predicted molar refractivity (Wildman–Crippen MR) is 78.0 cm³/mol. The van der Waals surface area contributed by atoms with Gasteiger partial charge in [0.2, 0.25) is 5.91 Å². The van der Waals surface area contributed by atoms with Crippen LogP contribution in [0.15, 0.2) is 24.3 Å². The Morgan fingerprint density at radius 1 is 1.09 bits per heavy atom. The van der Waals surface area contributed by atoms with Crippen molar-refractivity contribution in [2.24, 2.45) is 0 Å². The number of rotatable bonds is 6. The van der Waals surface area contributed by atoms with Crippen LogP contribution >= 0.6 is 12.4 Å². The van der Waals surface area contributed by atoms with Crippen molar-refractivity contribution in [3.8, 4) is 0 Å². The van der Waals surface area contributed by atoms with Gasteiger partial charge in [-0.1, -0.05) is 12.1 Å². The molecule has 9 heteroatoms. The SMILES string of the molecule is CNCCNC(=O)CNC(=O)c1ccccc1C(F)(F)F.Cl. The number of hydrogen-bond donors (Lipinski definition) is 3. The first-order chi connectivity index (χ1) is 9.86. The van der Waals surface area contributed by atoms with Crippen molar-refractivity contribution in [1.29, 1.82) is 0 Å². The maximum absolute atomic E-state index is 12.7. The van der Waals surface area contributed by atoms with E-state index < -0.39 is 29.1 Å². The lowest BCUT2D eigenvalue weighted by Crippen LogP contribution is -2.39. The first-order valence-electron chi connectivity index (χ1n) is 6.22. The second-order valence-electron chi connectivity index (χ2n) is 4.18. The van der Waals surface area contributed by atoms with E-state index in [0.717, 1.165) is 12.1 Å². The van der Waals surface area contributed by atoms with Crippen LogP contribution in [0.2, 0.25) is 0 Å². The molecule has 0 atom stereocenters. The van der Waals surface area contributed by atoms with Crippen LogP contribution < -0.4 is 16.0 Å². The number of amides is 2. The summed E-state index contributed by atoms with van der Waals surface area (Å²) in [5, 5.41) is 7.47. The number of carbonyl (C=O) groups excluding carboxylic acids is 2. The largest absolute Gasteiger partial charge is 0.417 e. The van der Waals surface area contributed by atoms with Gasteiger partial charge in [-0.15, -0.1) is 12.4 Å². The summed E-state index contributed by atoms with van der Waals surface area (Å²) in [4.78, 5) is 23.1. The highest BCUT2D eigenvalue weighted by molar-refractivity contribution is 5.97. The Labute approximate surface area is 132 Å². The highest BCUT2D eigenvalue weighted by Crippen LogP contribution is 2.31. The van der Waals surface area contributed by atoms with E-state index in [2.05, 4.69) is 16.0 Å². The van der Waals surface area contributed by atoms with Gasteiger partial charge < -0.3 is 16.0 Å². The lowest BCUT2D eigenvalue weighted by molar-refractivity contribution is -0.137. The van der Waals surface area contributed by atoms with Gasteiger partial charge in [0, 0.05) is 13.1 Å². The molecule has 1 rings (SSSR count). The highest BCUT2D eigenvalue weighted by atomic mass is 35.5. The van der Waals surface area contributed by atoms with Crippen LogP contribution in [0, 0.1) is 0 Å². The molecule has 5 nitrogen and oxygen atoms in total. The van der Waals surface area contributed by atoms with E-state index in [9.17, 15) is 22.8 Å². The quantitative estimate of drug-likeness (QED) is 0.682. The number of benzene rings is 1. The molecule has 0 aliphatic carbocycles. The fourth-order valence-corrected chi connectivity index (χ4v) is 1.57. The summed E-state index contributed by atoms with van der Waals surface area (Å²) in [7, 11) is 1.71. The number of hydrogen-bond acceptors (Lipinski definition) is 3. The molecule has 22 heavy (non-hydrogen) atoms. The maximum Gasteiger partial charge on any atom is 0.417 e. The van der Waals surface area contributed by atoms with Crippen molar-refractivity contribution in [2.75, 3.05) is 26.7 Å². The van der Waals surface area contributed by atoms with Gasteiger partial charge >= 0.3 is 6.18 Å². The second kappa shape index (κ2) is 9.26. The average Bonchev–Trinajstić information content (AvgIpc) is 2.44. The molecule has 0 unspecified atom stereocenters. The Morgan fingerprint density at radius 3 is 2.32 bits per heavy atom. The Kier molecular flexibility index (Phi) is 8.51. The molecule has 0 fully saturated rings. The summed E-state index contributed by atoms with van der Waals surface area (Å²) in [6.45, 7) is 0.537. The molecule has 0 spiro atoms. The van der Waals surface area contributed by atoms with E-state index in [0.29, 0.717) is 13.1 Å². The zero-order chi connectivity index (χ0) is 15.9. The summed E-state index contributed by atoms with van der Waals surface area (Å²) in [6.07, 6.45) is -4.62. The first-order valence-corrected chi connectivity index (χ1v) is 6.22. The Balaban J connectivity index is 0.00000441. The summed E-state index contributed by atoms with van der Waals surface area (Å²) in [5.74, 6) is -1.41. The van der Waals surface area contributed by atoms with Gasteiger partial charge in [-0.25, -0.2) is 0 Å². The van der Waals surface area contributed by atoms with Crippen LogP contribution in [0.4, 0.5) is 13.2 Å². The molecular weight excluding hydrogens is 323 g/mol. The van der Waals surface area contributed by atoms with Crippen LogP contribution in [0.5, 0.6) is 0 Å². The zero-order valence-electron chi connectivity index (χ0n) is 11.8. The molecule has 0 aliphatic heterocycles. The summed E-state index contributed by atoms with van der Waals surface area (Å²) in [6, 6.07) is 4.42. The molecular formula is C13H17ClF3N3O2. The molecule has 3 N–H and O–H groups in total. The van der Waals surface area contributed by atoms with Crippen molar-refractivity contribution in [3.63, 3.8) is 0 Å². The van der Waals surface area contributed by atoms with Crippen LogP contribution in [0.1, 0.15) is 15.9 Å². The van der Waals surface area contributed by atoms with E-state index in [-0.39, 0.29) is 19.0 Å². The second-order valence-corrected chi connectivity index (χ2v) is 4.18. The van der Waals surface area contributed by atoms with Gasteiger partial charge in [0.1, 0.15) is 0 Å². The van der Waals surface area contributed by atoms with Crippen molar-refractivity contribution < 1.29 is 22.8 Å². The number of likely N-dealkylation sites (N-methyl/N-ethyl adjacent to an activating group) is 1. The monoisotopic (exact) mass is 339 g/mol. The molecule has 0 saturated heterocycles. The minimum Gasteiger partial charge on any atom is -0.353 e. The average molecular weight is 340 g/mol. The van der Waals surface area contributed by atoms with Crippen LogP contribution in [-0.4, -0.2) is 38.5 Å². The van der Waals surface area contributed by atoms with Gasteiger partial charge in [-0.3, -0.25) is 9.59 Å². The predicted octanol–water partition coefficient (Wildman–Crippen LogP) is 1.19. The molecule has 0 bridgehead atoms. The summed E-state index contributed by atoms with van der Waals surface area (Å²) < 4.78 is 38.2. The van der Waals surface area contributed by atoms with Crippen LogP contribution in [0.25, 0.3) is 0 Å². The number of halogens is 4. The molecule has 0 aliphatic rings. The van der Waals surface area contributed by atoms with Gasteiger partial charge in [0.05, 0.1) is 17.7 Å². The summed E-state index contributed by atoms with van der Waals surface area (Å²) in [5.41, 5.74) is -1.54. The maximum atomic E-state index is 12.7. The van der Waals surface area contributed by atoms with Gasteiger partial charge in [0.15, 0.2) is 0 Å². The topological polar surface area (TPSA) is 70.2 Å². The lowest BCUT2D eigenvalue weighted by Gasteiger charge is -2.12. The third-order valence-electron chi connectivity index (χ3n) is 2.58. The van der Waals surface area contributed by atoms with Crippen LogP contribution in [-0.2, 0) is 11.0 Å². The fraction of sp³-hybridized carbons (Fsp3) is 0.385. The molecule has 0 saturated carbocycles. The molecule has 0 radical (unpaired) electrons. The molecule has 0 aromatic heterocycles. The zero-order valence-corrected chi connectivity index (χ0v) is 12.6. The van der Waals surface area contributed by atoms with Gasteiger partial charge in [-0.05, 0) is 19.2 Å². The van der Waals surface area contributed by atoms with Crippen molar-refractivity contribution in [3.05, 3.63) is 35.4 Å². The number of nitrogens with one attached hydrogen (secondary N) is 3. The molecule has 1 aromatic carbocycles. The summed E-state index contributed by atoms with van der Waals surface area (Å²) >= 11 is 0. The van der Waals surface area contributed by atoms with E-state index in [1.54, 1.807) is 7.05 Å². The normalized spacial score (nSPS) is 10.5. The third-order valence-corrected chi connectivity index (χ3v) is 2.58. The minimum atomic E-state index is -4.62. The third kappa shape index (κ3) is 6.31. The van der Waals surface area contributed by atoms with E-state index in [1.165, 1.54) is 12.1 Å². The standard InChI is InChI=1S/C13H16F3N3O2.ClH/c1-17-6-7-18-11(20)8-19-12(21)9-4-2-3-5-10(9)13(14,15)16;/h2-5,17H,6-8H2,1H3,(H,18,20)(H,19,21);1H. The Bertz CT molecular complexity index is 510. The molecule has 2 amide bonds. The van der Waals surface area contributed by atoms with Gasteiger partial charge in [0.25, 0.3) is 5.91 Å². The minimum absolute atomic E-state index is 0. The van der Waals surface area contributed by atoms with Crippen molar-refractivity contribution in [2.45, 2.75) is 6.18 Å². The lowest BCUT2D eigenvalue weighted by atomic mass is 10.1. The van der Waals surface area contributed by atoms with E-state index in [4.69, 9.17) is 0 Å². The first kappa shape index (κ1) is 20.2. The smallest absolute Gasteiger partial charge is 0.353 e. The van der Waals surface area contributed by atoms with Gasteiger partial charge in [-0.2, -0.15) is 13.2 Å². The highest BCUT2D eigenvalue weighted by Gasteiger charge is 2.34. The van der Waals surface area contributed by atoms with Crippen molar-refractivity contribution in [1.82, 2.24) is 16.0 Å². The molecule has 0 heterocycles. The van der Waals surface area contributed by atoms with Crippen LogP contribution in [0.3, 0.4) is 0 Å². The Hall–Kier alpha value is -1.80. The van der Waals surface area contributed by atoms with E-state index in [1.807, 2.05) is 0 Å². The molecule has 124 valence electrons. The fourth-order valence-electron chi connectivity index (χ4n) is 1.57.